The van der Waals surface area contributed by atoms with E-state index >= 15 is 0 Å². The van der Waals surface area contributed by atoms with Crippen molar-refractivity contribution >= 4 is 10.9 Å². The topological polar surface area (TPSA) is 49.7 Å². The van der Waals surface area contributed by atoms with Crippen molar-refractivity contribution in [3.63, 3.8) is 0 Å². The summed E-state index contributed by atoms with van der Waals surface area (Å²) in [7, 11) is 0. The molecular formula is C23H25N5. The standard InChI is InChI=1S/C23H25N5/c1-2-20(12-19-5-8-23-21(13-19)14-25-26-23)16-27(10-1)15-18-3-6-22(7-4-18)28-11-9-24-17-28/h3-9,11,13-14,17,20H,1-2,10,12,15-16H2,(H,25,26)/t20-/m1/s1. The van der Waals surface area contributed by atoms with Gasteiger partial charge in [-0.25, -0.2) is 4.98 Å². The highest BCUT2D eigenvalue weighted by atomic mass is 15.1. The summed E-state index contributed by atoms with van der Waals surface area (Å²) in [6.45, 7) is 3.40. The summed E-state index contributed by atoms with van der Waals surface area (Å²) in [6, 6.07) is 15.5. The lowest BCUT2D eigenvalue weighted by atomic mass is 9.90. The van der Waals surface area contributed by atoms with Gasteiger partial charge < -0.3 is 4.57 Å². The van der Waals surface area contributed by atoms with Crippen LogP contribution in [-0.4, -0.2) is 37.7 Å². The Morgan fingerprint density at radius 2 is 1.96 bits per heavy atom. The van der Waals surface area contributed by atoms with Crippen LogP contribution in [0, 0.1) is 5.92 Å². The molecule has 0 unspecified atom stereocenters. The number of rotatable bonds is 5. The van der Waals surface area contributed by atoms with Gasteiger partial charge >= 0.3 is 0 Å². The third-order valence-corrected chi connectivity index (χ3v) is 5.78. The molecule has 0 spiro atoms. The SMILES string of the molecule is c1cn(-c2ccc(CN3CCC[C@H](Cc4ccc5[nH]ncc5c4)C3)cc2)cn1. The van der Waals surface area contributed by atoms with Crippen LogP contribution >= 0.6 is 0 Å². The number of aromatic nitrogens is 4. The van der Waals surface area contributed by atoms with Crippen LogP contribution in [0.3, 0.4) is 0 Å². The number of benzene rings is 2. The van der Waals surface area contributed by atoms with Crippen LogP contribution in [0.25, 0.3) is 16.6 Å². The summed E-state index contributed by atoms with van der Waals surface area (Å²) in [5.41, 5.74) is 5.08. The molecule has 0 amide bonds. The fourth-order valence-corrected chi connectivity index (χ4v) is 4.36. The number of H-pyrrole nitrogens is 1. The van der Waals surface area contributed by atoms with Crippen molar-refractivity contribution in [2.75, 3.05) is 13.1 Å². The van der Waals surface area contributed by atoms with Crippen molar-refractivity contribution in [3.05, 3.63) is 78.5 Å². The highest BCUT2D eigenvalue weighted by Gasteiger charge is 2.20. The normalized spacial score (nSPS) is 17.9. The smallest absolute Gasteiger partial charge is 0.0991 e. The molecule has 1 aliphatic heterocycles. The molecule has 28 heavy (non-hydrogen) atoms. The summed E-state index contributed by atoms with van der Waals surface area (Å²) >= 11 is 0. The van der Waals surface area contributed by atoms with E-state index in [0.29, 0.717) is 0 Å². The fourth-order valence-electron chi connectivity index (χ4n) is 4.36. The van der Waals surface area contributed by atoms with Crippen molar-refractivity contribution in [2.24, 2.45) is 5.92 Å². The fraction of sp³-hybridized carbons (Fsp3) is 0.304. The van der Waals surface area contributed by atoms with Gasteiger partial charge in [-0.1, -0.05) is 18.2 Å². The number of piperidine rings is 1. The number of imidazole rings is 1. The molecule has 3 heterocycles. The van der Waals surface area contributed by atoms with Gasteiger partial charge in [-0.15, -0.1) is 0 Å². The molecule has 0 aliphatic carbocycles. The van der Waals surface area contributed by atoms with E-state index in [0.717, 1.165) is 30.1 Å². The zero-order chi connectivity index (χ0) is 18.8. The molecule has 0 bridgehead atoms. The Morgan fingerprint density at radius 3 is 2.82 bits per heavy atom. The summed E-state index contributed by atoms with van der Waals surface area (Å²) in [5, 5.41) is 8.38. The van der Waals surface area contributed by atoms with Gasteiger partial charge in [0.2, 0.25) is 0 Å². The minimum atomic E-state index is 0.725. The molecule has 2 aromatic heterocycles. The Morgan fingerprint density at radius 1 is 1.07 bits per heavy atom. The molecule has 1 fully saturated rings. The lowest BCUT2D eigenvalue weighted by Gasteiger charge is -2.33. The van der Waals surface area contributed by atoms with Crippen LogP contribution in [0.15, 0.2) is 67.4 Å². The molecular weight excluding hydrogens is 346 g/mol. The lowest BCUT2D eigenvalue weighted by Crippen LogP contribution is -2.35. The van der Waals surface area contributed by atoms with Gasteiger partial charge in [0.1, 0.15) is 0 Å². The molecule has 0 radical (unpaired) electrons. The van der Waals surface area contributed by atoms with E-state index in [1.807, 2.05) is 29.5 Å². The van der Waals surface area contributed by atoms with Gasteiger partial charge in [0.25, 0.3) is 0 Å². The molecule has 1 aliphatic rings. The van der Waals surface area contributed by atoms with E-state index in [1.54, 1.807) is 0 Å². The third kappa shape index (κ3) is 3.71. The predicted octanol–water partition coefficient (Wildman–Crippen LogP) is 4.20. The van der Waals surface area contributed by atoms with Crippen LogP contribution in [-0.2, 0) is 13.0 Å². The first-order valence-electron chi connectivity index (χ1n) is 10.1. The molecule has 5 heteroatoms. The van der Waals surface area contributed by atoms with Gasteiger partial charge in [0, 0.05) is 36.6 Å². The van der Waals surface area contributed by atoms with E-state index in [2.05, 4.69) is 62.5 Å². The van der Waals surface area contributed by atoms with Crippen molar-refractivity contribution in [3.8, 4) is 5.69 Å². The van der Waals surface area contributed by atoms with E-state index in [-0.39, 0.29) is 0 Å². The largest absolute Gasteiger partial charge is 0.306 e. The Hall–Kier alpha value is -2.92. The zero-order valence-corrected chi connectivity index (χ0v) is 16.0. The Labute approximate surface area is 165 Å². The number of nitrogens with zero attached hydrogens (tertiary/aromatic N) is 4. The summed E-state index contributed by atoms with van der Waals surface area (Å²) in [6.07, 6.45) is 11.3. The van der Waals surface area contributed by atoms with Gasteiger partial charge in [-0.05, 0) is 67.1 Å². The zero-order valence-electron chi connectivity index (χ0n) is 16.0. The number of aromatic amines is 1. The summed E-state index contributed by atoms with van der Waals surface area (Å²) in [4.78, 5) is 6.73. The summed E-state index contributed by atoms with van der Waals surface area (Å²) in [5.74, 6) is 0.725. The van der Waals surface area contributed by atoms with Gasteiger partial charge in [0.05, 0.1) is 18.0 Å². The van der Waals surface area contributed by atoms with Crippen LogP contribution in [0.5, 0.6) is 0 Å². The maximum absolute atomic E-state index is 4.13. The highest BCUT2D eigenvalue weighted by molar-refractivity contribution is 5.78. The maximum Gasteiger partial charge on any atom is 0.0991 e. The average molecular weight is 371 g/mol. The van der Waals surface area contributed by atoms with E-state index in [9.17, 15) is 0 Å². The van der Waals surface area contributed by atoms with E-state index in [4.69, 9.17) is 0 Å². The first-order chi connectivity index (χ1) is 13.8. The van der Waals surface area contributed by atoms with Crippen LogP contribution in [0.2, 0.25) is 0 Å². The van der Waals surface area contributed by atoms with E-state index < -0.39 is 0 Å². The van der Waals surface area contributed by atoms with Crippen molar-refractivity contribution < 1.29 is 0 Å². The van der Waals surface area contributed by atoms with Crippen LogP contribution in [0.4, 0.5) is 0 Å². The number of likely N-dealkylation sites (tertiary alicyclic amines) is 1. The molecule has 1 atom stereocenters. The molecule has 5 rings (SSSR count). The predicted molar refractivity (Wildman–Crippen MR) is 111 cm³/mol. The first-order valence-corrected chi connectivity index (χ1v) is 10.1. The van der Waals surface area contributed by atoms with E-state index in [1.165, 1.54) is 42.4 Å². The Balaban J connectivity index is 1.21. The van der Waals surface area contributed by atoms with Crippen molar-refractivity contribution in [1.82, 2.24) is 24.6 Å². The lowest BCUT2D eigenvalue weighted by molar-refractivity contribution is 0.167. The quantitative estimate of drug-likeness (QED) is 0.572. The Bertz CT molecular complexity index is 1030. The second-order valence-electron chi connectivity index (χ2n) is 7.88. The molecule has 0 saturated carbocycles. The minimum absolute atomic E-state index is 0.725. The molecule has 142 valence electrons. The van der Waals surface area contributed by atoms with Crippen molar-refractivity contribution in [2.45, 2.75) is 25.8 Å². The van der Waals surface area contributed by atoms with Crippen molar-refractivity contribution in [1.29, 1.82) is 0 Å². The second-order valence-corrected chi connectivity index (χ2v) is 7.88. The summed E-state index contributed by atoms with van der Waals surface area (Å²) < 4.78 is 2.04. The third-order valence-electron chi connectivity index (χ3n) is 5.78. The second kappa shape index (κ2) is 7.60. The maximum atomic E-state index is 4.13. The Kier molecular flexibility index (Phi) is 4.67. The monoisotopic (exact) mass is 371 g/mol. The van der Waals surface area contributed by atoms with Gasteiger partial charge in [-0.3, -0.25) is 10.00 Å². The minimum Gasteiger partial charge on any atom is -0.306 e. The highest BCUT2D eigenvalue weighted by Crippen LogP contribution is 2.24. The molecule has 1 N–H and O–H groups in total. The molecule has 5 nitrogen and oxygen atoms in total. The average Bonchev–Trinajstić information content (AvgIpc) is 3.41. The van der Waals surface area contributed by atoms with Gasteiger partial charge in [0.15, 0.2) is 0 Å². The van der Waals surface area contributed by atoms with Gasteiger partial charge in [-0.2, -0.15) is 5.10 Å². The number of hydrogen-bond donors (Lipinski definition) is 1. The molecule has 1 saturated heterocycles. The molecule has 4 aromatic rings. The van der Waals surface area contributed by atoms with Crippen LogP contribution in [0.1, 0.15) is 24.0 Å². The number of hydrogen-bond acceptors (Lipinski definition) is 3. The first kappa shape index (κ1) is 17.2. The number of fused-ring (bicyclic) bond motifs is 1. The molecule has 2 aromatic carbocycles. The number of nitrogens with one attached hydrogen (secondary N) is 1. The van der Waals surface area contributed by atoms with Crippen LogP contribution < -0.4 is 0 Å².